The molecule has 0 saturated carbocycles. The van der Waals surface area contributed by atoms with Crippen LogP contribution < -0.4 is 35.2 Å². The molecule has 2 aromatic rings. The highest BCUT2D eigenvalue weighted by atomic mass is 127. The fourth-order valence-corrected chi connectivity index (χ4v) is 16.4. The van der Waals surface area contributed by atoms with E-state index in [1.54, 1.807) is 67.0 Å². The number of hydrogen-bond donors (Lipinski definition) is 8. The van der Waals surface area contributed by atoms with Crippen molar-refractivity contribution in [2.45, 2.75) is 207 Å². The highest BCUT2D eigenvalue weighted by molar-refractivity contribution is 14.1. The monoisotopic (exact) mass is 1570 g/mol. The standard InChI is InChI=1S/C69H91IN4O23S3/c1-15-71-43-33-90-50(30-47(43)85-10)95-62-57(80)55(74-97-51-29-44(75)64(38(6)91-51)99-65(82)52-34(2)54(70)60(63(89-14)59(52)87-12)96-66-58(81)61(88-13)56(79)37(5)93-66)36(4)92-67(62)94-46-20-18-16-17-19-26-69(83)31-45(76)41(28-49(78)86-11)53(46)42(69)25-27-98-100-68(7,8)32-48(77)73-72-35(3)39-21-23-40(84-9)24-22-39/h16-17,21-25,36-38,43-44,46-47,50-51,55-58,61-62,64,66-67,71,74-75,79-81,83H,15,27-33H2,1-14H3,(H,73,77)/b17-16-,42-25+,72-35+/t36-,37+,38-,43+,44+,46+,47+,50+,51+,55-,56+,57-,58-,61-,62-,64-,66+,67+,69+/m1/s1. The molecule has 4 fully saturated rings. The number of likely N-dealkylation sites (N-methyl/N-ethyl adjacent to an activating group) is 1. The van der Waals surface area contributed by atoms with Crippen LogP contribution in [0, 0.1) is 34.2 Å². The predicted octanol–water partition coefficient (Wildman–Crippen LogP) is 4.89. The van der Waals surface area contributed by atoms with Gasteiger partial charge in [0.1, 0.15) is 42.4 Å². The average molecular weight is 1570 g/mol. The molecule has 0 radical (unpaired) electrons. The molecule has 0 unspecified atom stereocenters. The first-order valence-electron chi connectivity index (χ1n) is 32.5. The van der Waals surface area contributed by atoms with Crippen molar-refractivity contribution in [3.8, 4) is 46.7 Å². The molecule has 8 N–H and O–H groups in total. The summed E-state index contributed by atoms with van der Waals surface area (Å²) in [6.45, 7) is 14.9. The topological polar surface area (TPSA) is 347 Å². The minimum atomic E-state index is -2.14. The Labute approximate surface area is 608 Å². The van der Waals surface area contributed by atoms with Crippen LogP contribution in [0.5, 0.6) is 23.0 Å². The van der Waals surface area contributed by atoms with Crippen LogP contribution in [0.1, 0.15) is 102 Å². The highest BCUT2D eigenvalue weighted by Crippen LogP contribution is 2.50. The number of methoxy groups -OCH3 is 6. The van der Waals surface area contributed by atoms with Crippen molar-refractivity contribution in [1.29, 1.82) is 0 Å². The molecule has 8 rings (SSSR count). The summed E-state index contributed by atoms with van der Waals surface area (Å²) < 4.78 is 77.9. The smallest absolute Gasteiger partial charge is 0.310 e. The molecule has 2 aromatic carbocycles. The number of nitrogens with zero attached hydrogens (tertiary/aromatic N) is 1. The van der Waals surface area contributed by atoms with Gasteiger partial charge in [-0.25, -0.2) is 5.43 Å². The van der Waals surface area contributed by atoms with Crippen LogP contribution in [0.3, 0.4) is 0 Å². The van der Waals surface area contributed by atoms with Crippen molar-refractivity contribution in [3.63, 3.8) is 0 Å². The van der Waals surface area contributed by atoms with Gasteiger partial charge in [-0.1, -0.05) is 70.0 Å². The molecule has 550 valence electrons. The van der Waals surface area contributed by atoms with E-state index < -0.39 is 144 Å². The number of esters is 1. The second-order valence-electron chi connectivity index (χ2n) is 25.1. The first kappa shape index (κ1) is 80.8. The zero-order chi connectivity index (χ0) is 72.9. The number of amides is 1. The number of hydroxylamine groups is 1. The molecule has 0 aromatic heterocycles. The Balaban J connectivity index is 1.02. The Morgan fingerprint density at radius 2 is 1.56 bits per heavy atom. The largest absolute Gasteiger partial charge is 0.497 e. The summed E-state index contributed by atoms with van der Waals surface area (Å²) in [7, 11) is 11.2. The van der Waals surface area contributed by atoms with Gasteiger partial charge in [0.15, 0.2) is 41.8 Å². The SMILES string of the molecule is CCN[C@H]1CO[C@@H](O[C@H]2[C@H](O[C@H]3C#C/C=C\C#C[C@]4(O)CC(=O)C(CC(=O)OC)=C3/C4=C\CSSC(C)(C)CC(=O)N/N=C(\C)c3ccc(OC)cc3)O[C@H](C)[C@@H](NO[C@H]3C[C@H](O)[C@H](SC(=O)c4c(C)c(I)c(O[C@@H]5O[C@@H](C)[C@H](O)[C@@H](OC)[C@H]5O)c(OC)c4OC)[C@@H](C)O3)[C@H]2O)C[C@@H]1OC. The van der Waals surface area contributed by atoms with Gasteiger partial charge in [0.2, 0.25) is 23.1 Å². The van der Waals surface area contributed by atoms with Crippen molar-refractivity contribution in [1.82, 2.24) is 16.2 Å². The second kappa shape index (κ2) is 36.7. The number of hydrogen-bond acceptors (Lipinski definition) is 29. The fraction of sp³-hybridized carbons (Fsp3) is 0.609. The van der Waals surface area contributed by atoms with E-state index in [0.717, 1.165) is 17.3 Å². The van der Waals surface area contributed by atoms with Crippen molar-refractivity contribution in [3.05, 3.63) is 79.5 Å². The third-order valence-electron chi connectivity index (χ3n) is 17.6. The van der Waals surface area contributed by atoms with Crippen LogP contribution in [0.15, 0.2) is 64.3 Å². The van der Waals surface area contributed by atoms with Gasteiger partial charge in [-0.05, 0) is 125 Å². The van der Waals surface area contributed by atoms with Crippen LogP contribution in [0.25, 0.3) is 0 Å². The number of hydrazone groups is 1. The number of halogens is 1. The number of rotatable bonds is 28. The number of ether oxygens (including phenoxy) is 13. The van der Waals surface area contributed by atoms with Crippen LogP contribution in [-0.2, 0) is 61.9 Å². The number of benzene rings is 2. The number of allylic oxidation sites excluding steroid dienone is 2. The number of aliphatic hydroxyl groups excluding tert-OH is 4. The molecule has 19 atom stereocenters. The van der Waals surface area contributed by atoms with Crippen molar-refractivity contribution in [2.75, 3.05) is 61.6 Å². The number of carbonyl (C=O) groups excluding carboxylic acids is 4. The van der Waals surface area contributed by atoms with Crippen LogP contribution in [0.4, 0.5) is 0 Å². The summed E-state index contributed by atoms with van der Waals surface area (Å²) in [5.41, 5.74) is 5.43. The molecule has 0 spiro atoms. The highest BCUT2D eigenvalue weighted by Gasteiger charge is 2.52. The van der Waals surface area contributed by atoms with E-state index in [9.17, 15) is 44.7 Å². The van der Waals surface area contributed by atoms with Crippen LogP contribution in [-0.4, -0.2) is 236 Å². The van der Waals surface area contributed by atoms with Gasteiger partial charge in [0.25, 0.3) is 0 Å². The Kier molecular flexibility index (Phi) is 29.6. The Morgan fingerprint density at radius 1 is 0.850 bits per heavy atom. The minimum Gasteiger partial charge on any atom is -0.497 e. The molecule has 4 aliphatic heterocycles. The summed E-state index contributed by atoms with van der Waals surface area (Å²) >= 11 is 2.81. The van der Waals surface area contributed by atoms with E-state index in [4.69, 9.17) is 66.4 Å². The number of nitrogens with one attached hydrogen (secondary N) is 3. The third-order valence-corrected chi connectivity index (χ3v) is 23.4. The number of Topliss-reactive ketones (excluding diaryl/α,β-unsaturated/α-hetero) is 1. The zero-order valence-electron chi connectivity index (χ0n) is 58.2. The van der Waals surface area contributed by atoms with Crippen molar-refractivity contribution in [2.24, 2.45) is 5.10 Å². The van der Waals surface area contributed by atoms with E-state index in [-0.39, 0.29) is 83.1 Å². The number of ketones is 1. The molecule has 31 heteroatoms. The molecule has 1 amide bonds. The predicted molar refractivity (Wildman–Crippen MR) is 379 cm³/mol. The lowest BCUT2D eigenvalue weighted by Gasteiger charge is -2.46. The van der Waals surface area contributed by atoms with Gasteiger partial charge in [0, 0.05) is 60.7 Å². The molecule has 4 heterocycles. The summed E-state index contributed by atoms with van der Waals surface area (Å²) in [6.07, 6.45) is -13.8. The second-order valence-corrected chi connectivity index (χ2v) is 30.3. The van der Waals surface area contributed by atoms with E-state index in [2.05, 4.69) is 45.0 Å². The average Bonchev–Trinajstić information content (AvgIpc) is 0.759. The number of aliphatic hydroxyl groups is 5. The number of carbonyl (C=O) groups is 4. The van der Waals surface area contributed by atoms with E-state index >= 15 is 0 Å². The van der Waals surface area contributed by atoms with Gasteiger partial charge >= 0.3 is 5.97 Å². The molecule has 100 heavy (non-hydrogen) atoms. The zero-order valence-corrected chi connectivity index (χ0v) is 62.8. The molecular weight excluding hydrogens is 1480 g/mol. The first-order valence-corrected chi connectivity index (χ1v) is 36.8. The lowest BCUT2D eigenvalue weighted by atomic mass is 9.72. The maximum Gasteiger partial charge on any atom is 0.310 e. The number of fused-ring (bicyclic) bond motifs is 2. The van der Waals surface area contributed by atoms with E-state index in [1.165, 1.54) is 62.2 Å². The van der Waals surface area contributed by atoms with Crippen molar-refractivity contribution >= 4 is 84.4 Å². The minimum absolute atomic E-state index is 0.0155. The lowest BCUT2D eigenvalue weighted by Crippen LogP contribution is -2.65. The normalized spacial score (nSPS) is 32.3. The Morgan fingerprint density at radius 3 is 2.22 bits per heavy atom. The summed E-state index contributed by atoms with van der Waals surface area (Å²) in [4.78, 5) is 61.8. The maximum atomic E-state index is 14.5. The van der Waals surface area contributed by atoms with Gasteiger partial charge < -0.3 is 92.4 Å². The van der Waals surface area contributed by atoms with Gasteiger partial charge in [-0.3, -0.25) is 24.0 Å². The van der Waals surface area contributed by atoms with Gasteiger partial charge in [-0.2, -0.15) is 10.6 Å². The van der Waals surface area contributed by atoms with E-state index in [0.29, 0.717) is 27.1 Å². The maximum absolute atomic E-state index is 14.5. The molecule has 2 aliphatic carbocycles. The van der Waals surface area contributed by atoms with Crippen LogP contribution in [0.2, 0.25) is 0 Å². The van der Waals surface area contributed by atoms with Gasteiger partial charge in [0.05, 0.1) is 111 Å². The number of thioether (sulfide) groups is 1. The quantitative estimate of drug-likeness (QED) is 0.0107. The summed E-state index contributed by atoms with van der Waals surface area (Å²) in [6, 6.07) is 5.94. The molecule has 2 bridgehead atoms. The Hall–Kier alpha value is -4.93. The molecule has 4 saturated heterocycles. The van der Waals surface area contributed by atoms with Crippen molar-refractivity contribution < 1.29 is 111 Å². The first-order chi connectivity index (χ1) is 47.6. The fourth-order valence-electron chi connectivity index (χ4n) is 12.3. The summed E-state index contributed by atoms with van der Waals surface area (Å²) in [5.74, 6) is 10.9. The molecule has 27 nitrogen and oxygen atoms in total. The van der Waals surface area contributed by atoms with E-state index in [1.807, 2.05) is 55.5 Å². The lowest BCUT2D eigenvalue weighted by molar-refractivity contribution is -0.336. The summed E-state index contributed by atoms with van der Waals surface area (Å²) in [5, 5.41) is 65.2. The third kappa shape index (κ3) is 19.5. The molecule has 6 aliphatic rings. The molecular formula is C69H91IN4O23S3. The Bertz CT molecular complexity index is 3470. The van der Waals surface area contributed by atoms with Crippen LogP contribution >= 0.6 is 55.9 Å². The van der Waals surface area contributed by atoms with Gasteiger partial charge in [-0.15, -0.1) is 0 Å².